The van der Waals surface area contributed by atoms with Crippen molar-refractivity contribution in [2.75, 3.05) is 0 Å². The molecule has 96 valence electrons. The quantitative estimate of drug-likeness (QED) is 0.871. The van der Waals surface area contributed by atoms with Crippen LogP contribution in [0.1, 0.15) is 43.6 Å². The number of rotatable bonds is 5. The van der Waals surface area contributed by atoms with Crippen LogP contribution in [0.5, 0.6) is 0 Å². The second-order valence-corrected chi connectivity index (χ2v) is 4.42. The van der Waals surface area contributed by atoms with Gasteiger partial charge in [-0.15, -0.1) is 0 Å². The van der Waals surface area contributed by atoms with Crippen LogP contribution in [0.4, 0.5) is 0 Å². The highest BCUT2D eigenvalue weighted by molar-refractivity contribution is 5.09. The summed E-state index contributed by atoms with van der Waals surface area (Å²) in [6.45, 7) is 4.02. The van der Waals surface area contributed by atoms with Crippen LogP contribution < -0.4 is 5.73 Å². The summed E-state index contributed by atoms with van der Waals surface area (Å²) < 4.78 is 5.28. The third kappa shape index (κ3) is 2.92. The van der Waals surface area contributed by atoms with E-state index in [2.05, 4.69) is 22.0 Å². The van der Waals surface area contributed by atoms with Gasteiger partial charge in [0, 0.05) is 17.9 Å². The fourth-order valence-corrected chi connectivity index (χ4v) is 1.93. The summed E-state index contributed by atoms with van der Waals surface area (Å²) in [6, 6.07) is 5.78. The standard InChI is InChI=1S/C13H18N4O/c1-3-11(9(2)14)13-16-12(17-18-13)8-10-6-4-5-7-15-10/h4-7,9,11H,3,8,14H2,1-2H3. The number of hydrogen-bond donors (Lipinski definition) is 1. The number of nitrogens with zero attached hydrogens (tertiary/aromatic N) is 3. The normalized spacial score (nSPS) is 14.4. The number of hydrogen-bond acceptors (Lipinski definition) is 5. The van der Waals surface area contributed by atoms with E-state index in [0.29, 0.717) is 18.1 Å². The first-order chi connectivity index (χ1) is 8.70. The van der Waals surface area contributed by atoms with Gasteiger partial charge in [-0.2, -0.15) is 4.98 Å². The summed E-state index contributed by atoms with van der Waals surface area (Å²) in [6.07, 6.45) is 3.23. The predicted octanol–water partition coefficient (Wildman–Crippen LogP) is 1.90. The van der Waals surface area contributed by atoms with Crippen molar-refractivity contribution >= 4 is 0 Å². The molecule has 5 heteroatoms. The second-order valence-electron chi connectivity index (χ2n) is 4.42. The second kappa shape index (κ2) is 5.73. The van der Waals surface area contributed by atoms with Gasteiger partial charge in [-0.25, -0.2) is 0 Å². The van der Waals surface area contributed by atoms with Crippen LogP contribution in [0.2, 0.25) is 0 Å². The zero-order valence-corrected chi connectivity index (χ0v) is 10.7. The summed E-state index contributed by atoms with van der Waals surface area (Å²) >= 11 is 0. The monoisotopic (exact) mass is 246 g/mol. The Morgan fingerprint density at radius 2 is 2.22 bits per heavy atom. The van der Waals surface area contributed by atoms with Gasteiger partial charge in [-0.05, 0) is 25.5 Å². The molecule has 2 unspecified atom stereocenters. The first kappa shape index (κ1) is 12.7. The average molecular weight is 246 g/mol. The maximum atomic E-state index is 5.90. The van der Waals surface area contributed by atoms with Crippen molar-refractivity contribution in [3.63, 3.8) is 0 Å². The molecule has 0 saturated heterocycles. The van der Waals surface area contributed by atoms with E-state index in [1.54, 1.807) is 6.20 Å². The molecular weight excluding hydrogens is 228 g/mol. The Morgan fingerprint density at radius 1 is 1.39 bits per heavy atom. The van der Waals surface area contributed by atoms with Gasteiger partial charge in [0.2, 0.25) is 5.89 Å². The number of nitrogens with two attached hydrogens (primary N) is 1. The molecule has 0 radical (unpaired) electrons. The molecule has 0 bridgehead atoms. The molecule has 2 N–H and O–H groups in total. The van der Waals surface area contributed by atoms with Gasteiger partial charge in [-0.3, -0.25) is 4.98 Å². The molecule has 0 aliphatic rings. The Hall–Kier alpha value is -1.75. The first-order valence-electron chi connectivity index (χ1n) is 6.18. The smallest absolute Gasteiger partial charge is 0.231 e. The molecule has 2 aromatic heterocycles. The lowest BCUT2D eigenvalue weighted by Crippen LogP contribution is -2.24. The van der Waals surface area contributed by atoms with Gasteiger partial charge < -0.3 is 10.3 Å². The fraction of sp³-hybridized carbons (Fsp3) is 0.462. The van der Waals surface area contributed by atoms with Crippen molar-refractivity contribution in [1.82, 2.24) is 15.1 Å². The minimum absolute atomic E-state index is 0.0122. The van der Waals surface area contributed by atoms with Crippen LogP contribution in [-0.2, 0) is 6.42 Å². The maximum Gasteiger partial charge on any atom is 0.231 e. The summed E-state index contributed by atoms with van der Waals surface area (Å²) in [5.74, 6) is 1.40. The Labute approximate surface area is 106 Å². The Morgan fingerprint density at radius 3 is 2.83 bits per heavy atom. The van der Waals surface area contributed by atoms with Crippen molar-refractivity contribution in [1.29, 1.82) is 0 Å². The van der Waals surface area contributed by atoms with Crippen molar-refractivity contribution in [3.8, 4) is 0 Å². The van der Waals surface area contributed by atoms with Gasteiger partial charge in [0.05, 0.1) is 12.3 Å². The van der Waals surface area contributed by atoms with Crippen molar-refractivity contribution in [2.24, 2.45) is 5.73 Å². The van der Waals surface area contributed by atoms with Crippen LogP contribution in [0.15, 0.2) is 28.9 Å². The van der Waals surface area contributed by atoms with Crippen molar-refractivity contribution in [2.45, 2.75) is 38.6 Å². The largest absolute Gasteiger partial charge is 0.339 e. The Balaban J connectivity index is 2.11. The maximum absolute atomic E-state index is 5.90. The minimum atomic E-state index is 0.0122. The molecule has 0 fully saturated rings. The van der Waals surface area contributed by atoms with E-state index >= 15 is 0 Å². The number of pyridine rings is 1. The molecule has 0 aliphatic carbocycles. The summed E-state index contributed by atoms with van der Waals surface area (Å²) in [5, 5.41) is 3.98. The molecule has 2 heterocycles. The Kier molecular flexibility index (Phi) is 4.04. The van der Waals surface area contributed by atoms with E-state index in [4.69, 9.17) is 10.3 Å². The van der Waals surface area contributed by atoms with Crippen molar-refractivity contribution in [3.05, 3.63) is 41.8 Å². The highest BCUT2D eigenvalue weighted by atomic mass is 16.5. The van der Waals surface area contributed by atoms with Crippen LogP contribution in [0, 0.1) is 0 Å². The van der Waals surface area contributed by atoms with Gasteiger partial charge in [0.1, 0.15) is 0 Å². The molecule has 0 amide bonds. The lowest BCUT2D eigenvalue weighted by Gasteiger charge is -2.13. The van der Waals surface area contributed by atoms with E-state index in [-0.39, 0.29) is 12.0 Å². The number of aromatic nitrogens is 3. The molecule has 2 aromatic rings. The Bertz CT molecular complexity index is 481. The molecular formula is C13H18N4O. The lowest BCUT2D eigenvalue weighted by atomic mass is 9.99. The molecule has 0 aromatic carbocycles. The SMILES string of the molecule is CCC(c1nc(Cc2ccccn2)no1)C(C)N. The third-order valence-electron chi connectivity index (χ3n) is 2.94. The zero-order chi connectivity index (χ0) is 13.0. The van der Waals surface area contributed by atoms with Gasteiger partial charge in [0.15, 0.2) is 5.82 Å². The first-order valence-corrected chi connectivity index (χ1v) is 6.18. The molecule has 2 rings (SSSR count). The topological polar surface area (TPSA) is 77.8 Å². The van der Waals surface area contributed by atoms with E-state index in [9.17, 15) is 0 Å². The molecule has 0 spiro atoms. The van der Waals surface area contributed by atoms with E-state index in [1.165, 1.54) is 0 Å². The molecule has 0 aliphatic heterocycles. The minimum Gasteiger partial charge on any atom is -0.339 e. The van der Waals surface area contributed by atoms with Crippen LogP contribution in [0.25, 0.3) is 0 Å². The predicted molar refractivity (Wildman–Crippen MR) is 68.0 cm³/mol. The summed E-state index contributed by atoms with van der Waals surface area (Å²) in [4.78, 5) is 8.64. The molecule has 5 nitrogen and oxygen atoms in total. The highest BCUT2D eigenvalue weighted by Gasteiger charge is 2.21. The molecule has 2 atom stereocenters. The van der Waals surface area contributed by atoms with E-state index < -0.39 is 0 Å². The summed E-state index contributed by atoms with van der Waals surface area (Å²) in [5.41, 5.74) is 6.83. The summed E-state index contributed by atoms with van der Waals surface area (Å²) in [7, 11) is 0. The van der Waals surface area contributed by atoms with Gasteiger partial charge in [0.25, 0.3) is 0 Å². The average Bonchev–Trinajstić information content (AvgIpc) is 2.79. The van der Waals surface area contributed by atoms with Crippen LogP contribution >= 0.6 is 0 Å². The third-order valence-corrected chi connectivity index (χ3v) is 2.94. The lowest BCUT2D eigenvalue weighted by molar-refractivity contribution is 0.331. The molecule has 18 heavy (non-hydrogen) atoms. The van der Waals surface area contributed by atoms with Crippen molar-refractivity contribution < 1.29 is 4.52 Å². The van der Waals surface area contributed by atoms with Crippen LogP contribution in [-0.4, -0.2) is 21.2 Å². The van der Waals surface area contributed by atoms with E-state index in [0.717, 1.165) is 12.1 Å². The fourth-order valence-electron chi connectivity index (χ4n) is 1.93. The van der Waals surface area contributed by atoms with Crippen LogP contribution in [0.3, 0.4) is 0 Å². The zero-order valence-electron chi connectivity index (χ0n) is 10.7. The highest BCUT2D eigenvalue weighted by Crippen LogP contribution is 2.20. The molecule has 0 saturated carbocycles. The van der Waals surface area contributed by atoms with Gasteiger partial charge >= 0.3 is 0 Å². The van der Waals surface area contributed by atoms with E-state index in [1.807, 2.05) is 25.1 Å². The van der Waals surface area contributed by atoms with Gasteiger partial charge in [-0.1, -0.05) is 18.1 Å².